The van der Waals surface area contributed by atoms with Gasteiger partial charge in [0.25, 0.3) is 5.91 Å². The zero-order chi connectivity index (χ0) is 14.3. The average molecular weight is 282 g/mol. The standard InChI is InChI=1S/C11H14N4O5/c16-8-6-20-11(19)15(8)7-1-3-13(5-7)10(18)14-4-2-12-9(14)17/h7H,1-6H2,(H,12,17). The summed E-state index contributed by atoms with van der Waals surface area (Å²) in [5.41, 5.74) is 0. The molecule has 3 rings (SSSR count). The fraction of sp³-hybridized carbons (Fsp3) is 0.636. The fourth-order valence-corrected chi connectivity index (χ4v) is 2.67. The molecule has 0 saturated carbocycles. The third kappa shape index (κ3) is 1.95. The second-order valence-electron chi connectivity index (χ2n) is 4.87. The van der Waals surface area contributed by atoms with Crippen molar-refractivity contribution in [2.24, 2.45) is 0 Å². The Kier molecular flexibility index (Phi) is 2.96. The number of carbonyl (C=O) groups excluding carboxylic acids is 4. The number of nitrogens with one attached hydrogen (secondary N) is 1. The number of cyclic esters (lactones) is 1. The molecule has 20 heavy (non-hydrogen) atoms. The second-order valence-corrected chi connectivity index (χ2v) is 4.87. The van der Waals surface area contributed by atoms with Crippen molar-refractivity contribution in [1.82, 2.24) is 20.0 Å². The van der Waals surface area contributed by atoms with E-state index in [1.807, 2.05) is 0 Å². The normalized spacial score (nSPS) is 26.3. The molecule has 0 aromatic carbocycles. The Morgan fingerprint density at radius 2 is 2.05 bits per heavy atom. The lowest BCUT2D eigenvalue weighted by molar-refractivity contribution is -0.127. The summed E-state index contributed by atoms with van der Waals surface area (Å²) >= 11 is 0. The van der Waals surface area contributed by atoms with E-state index in [0.29, 0.717) is 26.1 Å². The Hall–Kier alpha value is -2.32. The van der Waals surface area contributed by atoms with Crippen LogP contribution < -0.4 is 5.32 Å². The molecule has 1 N–H and O–H groups in total. The second kappa shape index (κ2) is 4.66. The third-order valence-electron chi connectivity index (χ3n) is 3.67. The van der Waals surface area contributed by atoms with Crippen LogP contribution in [0, 0.1) is 0 Å². The third-order valence-corrected chi connectivity index (χ3v) is 3.67. The maximum Gasteiger partial charge on any atom is 0.417 e. The van der Waals surface area contributed by atoms with Gasteiger partial charge >= 0.3 is 18.2 Å². The van der Waals surface area contributed by atoms with Gasteiger partial charge in [-0.25, -0.2) is 24.2 Å². The fourth-order valence-electron chi connectivity index (χ4n) is 2.67. The SMILES string of the molecule is O=C1NCCN1C(=O)N1CCC(N2C(=O)COC2=O)C1. The summed E-state index contributed by atoms with van der Waals surface area (Å²) in [5, 5.41) is 2.56. The number of urea groups is 2. The lowest BCUT2D eigenvalue weighted by atomic mass is 10.2. The summed E-state index contributed by atoms with van der Waals surface area (Å²) in [5.74, 6) is -0.381. The average Bonchev–Trinajstić information content (AvgIpc) is 3.10. The highest BCUT2D eigenvalue weighted by Gasteiger charge is 2.42. The van der Waals surface area contributed by atoms with Gasteiger partial charge in [0.05, 0.1) is 6.04 Å². The number of rotatable bonds is 1. The number of hydrogen-bond donors (Lipinski definition) is 1. The van der Waals surface area contributed by atoms with Crippen LogP contribution in [0.25, 0.3) is 0 Å². The van der Waals surface area contributed by atoms with E-state index in [1.54, 1.807) is 0 Å². The molecule has 108 valence electrons. The number of imide groups is 2. The topological polar surface area (TPSA) is 99.3 Å². The Labute approximate surface area is 114 Å². The molecular weight excluding hydrogens is 268 g/mol. The number of likely N-dealkylation sites (tertiary alicyclic amines) is 1. The van der Waals surface area contributed by atoms with Crippen LogP contribution in [0.1, 0.15) is 6.42 Å². The van der Waals surface area contributed by atoms with E-state index in [0.717, 1.165) is 9.80 Å². The summed E-state index contributed by atoms with van der Waals surface area (Å²) in [6, 6.07) is -1.16. The summed E-state index contributed by atoms with van der Waals surface area (Å²) in [7, 11) is 0. The first-order valence-corrected chi connectivity index (χ1v) is 6.41. The minimum absolute atomic E-state index is 0.238. The summed E-state index contributed by atoms with van der Waals surface area (Å²) in [6.45, 7) is 1.19. The number of hydrogen-bond acceptors (Lipinski definition) is 5. The highest BCUT2D eigenvalue weighted by Crippen LogP contribution is 2.21. The first-order valence-electron chi connectivity index (χ1n) is 6.41. The predicted molar refractivity (Wildman–Crippen MR) is 63.7 cm³/mol. The molecule has 9 nitrogen and oxygen atoms in total. The molecule has 3 fully saturated rings. The Morgan fingerprint density at radius 3 is 2.65 bits per heavy atom. The van der Waals surface area contributed by atoms with Gasteiger partial charge in [-0.3, -0.25) is 4.79 Å². The van der Waals surface area contributed by atoms with Crippen molar-refractivity contribution in [3.8, 4) is 0 Å². The molecule has 9 heteroatoms. The van der Waals surface area contributed by atoms with Gasteiger partial charge in [-0.2, -0.15) is 0 Å². The molecule has 0 spiro atoms. The van der Waals surface area contributed by atoms with Crippen molar-refractivity contribution >= 4 is 24.1 Å². The van der Waals surface area contributed by atoms with Gasteiger partial charge in [0.2, 0.25) is 0 Å². The predicted octanol–water partition coefficient (Wildman–Crippen LogP) is -0.815. The maximum atomic E-state index is 12.2. The van der Waals surface area contributed by atoms with Crippen molar-refractivity contribution < 1.29 is 23.9 Å². The van der Waals surface area contributed by atoms with Crippen molar-refractivity contribution in [2.75, 3.05) is 32.8 Å². The molecule has 0 aliphatic carbocycles. The van der Waals surface area contributed by atoms with Crippen LogP contribution in [-0.4, -0.2) is 77.6 Å². The van der Waals surface area contributed by atoms with Gasteiger partial charge in [0, 0.05) is 26.2 Å². The minimum atomic E-state index is -0.659. The smallest absolute Gasteiger partial charge is 0.417 e. The minimum Gasteiger partial charge on any atom is -0.439 e. The summed E-state index contributed by atoms with van der Waals surface area (Å²) < 4.78 is 4.66. The quantitative estimate of drug-likeness (QED) is 0.677. The van der Waals surface area contributed by atoms with Crippen LogP contribution in [0.5, 0.6) is 0 Å². The first-order chi connectivity index (χ1) is 9.58. The van der Waals surface area contributed by atoms with Crippen LogP contribution in [0.3, 0.4) is 0 Å². The molecule has 3 saturated heterocycles. The van der Waals surface area contributed by atoms with Crippen molar-refractivity contribution in [2.45, 2.75) is 12.5 Å². The molecular formula is C11H14N4O5. The Balaban J connectivity index is 1.65. The summed E-state index contributed by atoms with van der Waals surface area (Å²) in [6.07, 6.45) is -0.157. The van der Waals surface area contributed by atoms with E-state index >= 15 is 0 Å². The highest BCUT2D eigenvalue weighted by molar-refractivity contribution is 5.98. The van der Waals surface area contributed by atoms with Crippen molar-refractivity contribution in [3.63, 3.8) is 0 Å². The van der Waals surface area contributed by atoms with Crippen LogP contribution in [0.15, 0.2) is 0 Å². The van der Waals surface area contributed by atoms with E-state index in [4.69, 9.17) is 0 Å². The van der Waals surface area contributed by atoms with E-state index in [1.165, 1.54) is 4.90 Å². The van der Waals surface area contributed by atoms with Gasteiger partial charge in [0.1, 0.15) is 0 Å². The Bertz CT molecular complexity index is 477. The van der Waals surface area contributed by atoms with E-state index < -0.39 is 12.1 Å². The number of nitrogens with zero attached hydrogens (tertiary/aromatic N) is 3. The lowest BCUT2D eigenvalue weighted by Crippen LogP contribution is -2.46. The van der Waals surface area contributed by atoms with Crippen LogP contribution in [0.4, 0.5) is 14.4 Å². The zero-order valence-corrected chi connectivity index (χ0v) is 10.7. The molecule has 6 amide bonds. The van der Waals surface area contributed by atoms with Gasteiger partial charge in [-0.05, 0) is 6.42 Å². The first kappa shape index (κ1) is 12.7. The number of carbonyl (C=O) groups is 4. The van der Waals surface area contributed by atoms with Gasteiger partial charge in [-0.1, -0.05) is 0 Å². The van der Waals surface area contributed by atoms with Crippen molar-refractivity contribution in [3.05, 3.63) is 0 Å². The molecule has 0 radical (unpaired) electrons. The van der Waals surface area contributed by atoms with Crippen LogP contribution in [-0.2, 0) is 9.53 Å². The largest absolute Gasteiger partial charge is 0.439 e. The Morgan fingerprint density at radius 1 is 1.25 bits per heavy atom. The molecule has 3 heterocycles. The van der Waals surface area contributed by atoms with E-state index in [-0.39, 0.29) is 31.1 Å². The zero-order valence-electron chi connectivity index (χ0n) is 10.7. The van der Waals surface area contributed by atoms with Crippen LogP contribution >= 0.6 is 0 Å². The monoisotopic (exact) mass is 282 g/mol. The highest BCUT2D eigenvalue weighted by atomic mass is 16.6. The molecule has 0 bridgehead atoms. The van der Waals surface area contributed by atoms with E-state index in [9.17, 15) is 19.2 Å². The van der Waals surface area contributed by atoms with Gasteiger partial charge in [-0.15, -0.1) is 0 Å². The molecule has 0 aromatic heterocycles. The van der Waals surface area contributed by atoms with Crippen LogP contribution in [0.2, 0.25) is 0 Å². The maximum absolute atomic E-state index is 12.2. The summed E-state index contributed by atoms with van der Waals surface area (Å²) in [4.78, 5) is 50.3. The van der Waals surface area contributed by atoms with Gasteiger partial charge in [0.15, 0.2) is 6.61 Å². The molecule has 1 atom stereocenters. The lowest BCUT2D eigenvalue weighted by Gasteiger charge is -2.23. The number of ether oxygens (including phenoxy) is 1. The molecule has 3 aliphatic rings. The van der Waals surface area contributed by atoms with E-state index in [2.05, 4.69) is 10.1 Å². The number of amides is 6. The van der Waals surface area contributed by atoms with Crippen molar-refractivity contribution in [1.29, 1.82) is 0 Å². The molecule has 3 aliphatic heterocycles. The molecule has 1 unspecified atom stereocenters. The van der Waals surface area contributed by atoms with Gasteiger partial charge < -0.3 is 15.0 Å². The molecule has 0 aromatic rings.